The number of aryl methyl sites for hydroxylation is 1. The fourth-order valence-corrected chi connectivity index (χ4v) is 4.34. The van der Waals surface area contributed by atoms with Crippen LogP contribution in [0.4, 0.5) is 5.00 Å². The molecule has 0 saturated heterocycles. The molecule has 3 N–H and O–H groups in total. The van der Waals surface area contributed by atoms with Crippen LogP contribution in [0.5, 0.6) is 0 Å². The molecule has 102 valence electrons. The summed E-state index contributed by atoms with van der Waals surface area (Å²) in [6.07, 6.45) is 4.74. The second kappa shape index (κ2) is 4.50. The lowest BCUT2D eigenvalue weighted by Crippen LogP contribution is -2.00. The summed E-state index contributed by atoms with van der Waals surface area (Å²) in [5.74, 6) is 0.852. The molecule has 20 heavy (non-hydrogen) atoms. The van der Waals surface area contributed by atoms with Crippen LogP contribution in [0.15, 0.2) is 18.2 Å². The Balaban J connectivity index is 1.95. The highest BCUT2D eigenvalue weighted by atomic mass is 35.5. The fraction of sp³-hybridized carbons (Fsp3) is 0.267. The Morgan fingerprint density at radius 3 is 2.95 bits per heavy atom. The molecule has 1 aliphatic carbocycles. The van der Waals surface area contributed by atoms with Crippen molar-refractivity contribution in [1.82, 2.24) is 9.97 Å². The smallest absolute Gasteiger partial charge is 0.141 e. The van der Waals surface area contributed by atoms with Crippen molar-refractivity contribution in [2.45, 2.75) is 25.7 Å². The van der Waals surface area contributed by atoms with Crippen LogP contribution in [0.25, 0.3) is 22.4 Å². The minimum atomic E-state index is 0.674. The van der Waals surface area contributed by atoms with Crippen molar-refractivity contribution in [2.24, 2.45) is 0 Å². The van der Waals surface area contributed by atoms with Crippen molar-refractivity contribution in [3.05, 3.63) is 33.7 Å². The van der Waals surface area contributed by atoms with Crippen molar-refractivity contribution in [2.75, 3.05) is 5.73 Å². The lowest BCUT2D eigenvalue weighted by atomic mass is 9.95. The number of nitrogen functional groups attached to an aromatic ring is 1. The van der Waals surface area contributed by atoms with Crippen molar-refractivity contribution < 1.29 is 0 Å². The van der Waals surface area contributed by atoms with Crippen molar-refractivity contribution >= 4 is 39.0 Å². The number of nitrogens with two attached hydrogens (primary N) is 1. The summed E-state index contributed by atoms with van der Waals surface area (Å²) in [6, 6.07) is 5.78. The van der Waals surface area contributed by atoms with E-state index >= 15 is 0 Å². The second-order valence-corrected chi connectivity index (χ2v) is 6.72. The molecule has 2 aromatic heterocycles. The van der Waals surface area contributed by atoms with E-state index < -0.39 is 0 Å². The van der Waals surface area contributed by atoms with E-state index in [0.29, 0.717) is 5.02 Å². The molecule has 0 bridgehead atoms. The number of H-pyrrole nitrogens is 1. The van der Waals surface area contributed by atoms with Gasteiger partial charge >= 0.3 is 0 Å². The second-order valence-electron chi connectivity index (χ2n) is 5.17. The molecule has 0 saturated carbocycles. The number of halogens is 1. The number of hydrogen-bond donors (Lipinski definition) is 2. The summed E-state index contributed by atoms with van der Waals surface area (Å²) in [4.78, 5) is 9.45. The molecule has 1 aromatic carbocycles. The predicted octanol–water partition coefficient (Wildman–Crippen LogP) is 4.41. The number of benzene rings is 1. The zero-order valence-corrected chi connectivity index (χ0v) is 12.4. The highest BCUT2D eigenvalue weighted by Crippen LogP contribution is 2.42. The third-order valence-electron chi connectivity index (χ3n) is 3.90. The van der Waals surface area contributed by atoms with Gasteiger partial charge in [-0.15, -0.1) is 11.3 Å². The molecule has 0 atom stereocenters. The topological polar surface area (TPSA) is 54.7 Å². The zero-order valence-electron chi connectivity index (χ0n) is 10.9. The summed E-state index contributed by atoms with van der Waals surface area (Å²) >= 11 is 7.91. The normalized spacial score (nSPS) is 14.7. The Labute approximate surface area is 125 Å². The van der Waals surface area contributed by atoms with Crippen LogP contribution in [-0.2, 0) is 12.8 Å². The van der Waals surface area contributed by atoms with E-state index in [-0.39, 0.29) is 0 Å². The monoisotopic (exact) mass is 303 g/mol. The maximum Gasteiger partial charge on any atom is 0.141 e. The van der Waals surface area contributed by atoms with E-state index in [1.165, 1.54) is 23.3 Å². The quantitative estimate of drug-likeness (QED) is 0.700. The van der Waals surface area contributed by atoms with Gasteiger partial charge in [-0.1, -0.05) is 17.7 Å². The van der Waals surface area contributed by atoms with Crippen LogP contribution < -0.4 is 5.73 Å². The van der Waals surface area contributed by atoms with Gasteiger partial charge in [-0.2, -0.15) is 0 Å². The molecule has 3 nitrogen and oxygen atoms in total. The standard InChI is InChI=1S/C15H14ClN3S/c16-9-5-3-6-10-13(9)19-15(18-10)12-8-4-1-2-7-11(8)20-14(12)17/h3,5-6H,1-2,4,7,17H2,(H,18,19). The molecule has 0 amide bonds. The third kappa shape index (κ3) is 1.75. The number of hydrogen-bond acceptors (Lipinski definition) is 3. The Morgan fingerprint density at radius 2 is 2.10 bits per heavy atom. The average Bonchev–Trinajstić information content (AvgIpc) is 2.99. The molecule has 2 heterocycles. The Bertz CT molecular complexity index is 803. The van der Waals surface area contributed by atoms with E-state index in [9.17, 15) is 0 Å². The number of aromatic amines is 1. The van der Waals surface area contributed by atoms with Gasteiger partial charge in [0.05, 0.1) is 21.1 Å². The molecule has 4 rings (SSSR count). The Kier molecular flexibility index (Phi) is 2.75. The first-order valence-electron chi connectivity index (χ1n) is 6.78. The highest BCUT2D eigenvalue weighted by Gasteiger charge is 2.22. The van der Waals surface area contributed by atoms with Gasteiger partial charge in [0.2, 0.25) is 0 Å². The summed E-state index contributed by atoms with van der Waals surface area (Å²) in [6.45, 7) is 0. The third-order valence-corrected chi connectivity index (χ3v) is 5.32. The summed E-state index contributed by atoms with van der Waals surface area (Å²) in [5.41, 5.74) is 10.5. The number of anilines is 1. The van der Waals surface area contributed by atoms with E-state index in [1.54, 1.807) is 11.3 Å². The summed E-state index contributed by atoms with van der Waals surface area (Å²) in [7, 11) is 0. The molecule has 0 fully saturated rings. The lowest BCUT2D eigenvalue weighted by Gasteiger charge is -2.11. The molecule has 5 heteroatoms. The first-order valence-corrected chi connectivity index (χ1v) is 7.98. The van der Waals surface area contributed by atoms with Crippen LogP contribution in [0.3, 0.4) is 0 Å². The molecular weight excluding hydrogens is 290 g/mol. The largest absolute Gasteiger partial charge is 0.390 e. The number of thiophene rings is 1. The molecule has 0 aliphatic heterocycles. The minimum Gasteiger partial charge on any atom is -0.390 e. The van der Waals surface area contributed by atoms with Gasteiger partial charge in [-0.3, -0.25) is 0 Å². The van der Waals surface area contributed by atoms with Crippen LogP contribution in [0, 0.1) is 0 Å². The van der Waals surface area contributed by atoms with Crippen LogP contribution in [0.1, 0.15) is 23.3 Å². The van der Waals surface area contributed by atoms with Gasteiger partial charge in [-0.05, 0) is 43.4 Å². The SMILES string of the molecule is Nc1sc2c(c1-c1nc3c(Cl)cccc3[nH]1)CCCC2. The number of nitrogens with zero attached hydrogens (tertiary/aromatic N) is 1. The van der Waals surface area contributed by atoms with E-state index in [1.807, 2.05) is 18.2 Å². The van der Waals surface area contributed by atoms with E-state index in [0.717, 1.165) is 40.3 Å². The van der Waals surface area contributed by atoms with Crippen molar-refractivity contribution in [1.29, 1.82) is 0 Å². The number of para-hydroxylation sites is 1. The lowest BCUT2D eigenvalue weighted by molar-refractivity contribution is 0.698. The predicted molar refractivity (Wildman–Crippen MR) is 85.5 cm³/mol. The van der Waals surface area contributed by atoms with Gasteiger partial charge in [0.15, 0.2) is 0 Å². The fourth-order valence-electron chi connectivity index (χ4n) is 2.96. The van der Waals surface area contributed by atoms with E-state index in [2.05, 4.69) is 9.97 Å². The average molecular weight is 304 g/mol. The highest BCUT2D eigenvalue weighted by molar-refractivity contribution is 7.16. The van der Waals surface area contributed by atoms with Crippen molar-refractivity contribution in [3.8, 4) is 11.4 Å². The van der Waals surface area contributed by atoms with Gasteiger partial charge in [-0.25, -0.2) is 4.98 Å². The maximum absolute atomic E-state index is 6.24. The van der Waals surface area contributed by atoms with Gasteiger partial charge in [0.25, 0.3) is 0 Å². The maximum atomic E-state index is 6.24. The number of aromatic nitrogens is 2. The molecule has 0 radical (unpaired) electrons. The molecular formula is C15H14ClN3S. The van der Waals surface area contributed by atoms with Crippen molar-refractivity contribution in [3.63, 3.8) is 0 Å². The van der Waals surface area contributed by atoms with Crippen LogP contribution in [-0.4, -0.2) is 9.97 Å². The number of nitrogens with one attached hydrogen (secondary N) is 1. The van der Waals surface area contributed by atoms with Gasteiger partial charge in [0, 0.05) is 4.88 Å². The first-order chi connectivity index (χ1) is 9.74. The number of fused-ring (bicyclic) bond motifs is 2. The molecule has 0 unspecified atom stereocenters. The number of imidazole rings is 1. The van der Waals surface area contributed by atoms with Gasteiger partial charge < -0.3 is 10.7 Å². The molecule has 3 aromatic rings. The number of rotatable bonds is 1. The molecule has 1 aliphatic rings. The van der Waals surface area contributed by atoms with Crippen LogP contribution >= 0.6 is 22.9 Å². The van der Waals surface area contributed by atoms with Crippen LogP contribution in [0.2, 0.25) is 5.02 Å². The van der Waals surface area contributed by atoms with Gasteiger partial charge in [0.1, 0.15) is 11.3 Å². The molecule has 0 spiro atoms. The summed E-state index contributed by atoms with van der Waals surface area (Å²) in [5, 5.41) is 1.54. The Morgan fingerprint density at radius 1 is 1.25 bits per heavy atom. The first kappa shape index (κ1) is 12.2. The van der Waals surface area contributed by atoms with E-state index in [4.69, 9.17) is 17.3 Å². The summed E-state index contributed by atoms with van der Waals surface area (Å²) < 4.78 is 0. The zero-order chi connectivity index (χ0) is 13.7. The Hall–Kier alpha value is -1.52. The minimum absolute atomic E-state index is 0.674.